The summed E-state index contributed by atoms with van der Waals surface area (Å²) >= 11 is 13.7. The summed E-state index contributed by atoms with van der Waals surface area (Å²) < 4.78 is 0. The molecule has 2 nitrogen and oxygen atoms in total. The quantitative estimate of drug-likeness (QED) is 0.866. The van der Waals surface area contributed by atoms with Gasteiger partial charge in [-0.1, -0.05) is 29.3 Å². The van der Waals surface area contributed by atoms with Crippen LogP contribution in [0.25, 0.3) is 5.70 Å². The molecule has 1 aliphatic heterocycles. The molecule has 0 saturated heterocycles. The van der Waals surface area contributed by atoms with Crippen LogP contribution < -0.4 is 10.9 Å². The molecule has 0 spiro atoms. The molecule has 1 aliphatic rings. The largest absolute Gasteiger partial charge is 0.320 e. The van der Waals surface area contributed by atoms with Crippen molar-refractivity contribution in [3.63, 3.8) is 0 Å². The Balaban J connectivity index is 1.91. The fraction of sp³-hybridized carbons (Fsp3) is 0.0769. The van der Waals surface area contributed by atoms with Gasteiger partial charge < -0.3 is 5.43 Å². The maximum atomic E-state index is 6.01. The number of hydrogen-bond acceptors (Lipinski definition) is 3. The molecule has 0 aliphatic carbocycles. The first-order valence-corrected chi connectivity index (χ1v) is 7.09. The molecule has 1 unspecified atom stereocenters. The fourth-order valence-electron chi connectivity index (χ4n) is 1.90. The molecule has 0 radical (unpaired) electrons. The average Bonchev–Trinajstić information content (AvgIpc) is 2.99. The molecule has 5 heteroatoms. The summed E-state index contributed by atoms with van der Waals surface area (Å²) in [5.41, 5.74) is 8.38. The Hall–Kier alpha value is -1.00. The number of halogens is 2. The van der Waals surface area contributed by atoms with E-state index in [9.17, 15) is 0 Å². The predicted molar refractivity (Wildman–Crippen MR) is 77.8 cm³/mol. The van der Waals surface area contributed by atoms with Gasteiger partial charge in [-0.25, -0.2) is 5.43 Å². The average molecular weight is 297 g/mol. The van der Waals surface area contributed by atoms with Gasteiger partial charge in [-0.05, 0) is 35.7 Å². The van der Waals surface area contributed by atoms with Crippen molar-refractivity contribution >= 4 is 40.2 Å². The van der Waals surface area contributed by atoms with Gasteiger partial charge >= 0.3 is 0 Å². The molecule has 0 fully saturated rings. The van der Waals surface area contributed by atoms with Gasteiger partial charge in [-0.2, -0.15) is 0 Å². The van der Waals surface area contributed by atoms with E-state index >= 15 is 0 Å². The SMILES string of the molecule is Clc1cc(Cl)cc(C2=CC(c3cccs3)NN2)c1. The highest BCUT2D eigenvalue weighted by atomic mass is 35.5. The van der Waals surface area contributed by atoms with Crippen LogP contribution in [-0.2, 0) is 0 Å². The molecule has 1 atom stereocenters. The Morgan fingerprint density at radius 2 is 1.89 bits per heavy atom. The number of nitrogens with one attached hydrogen (secondary N) is 2. The predicted octanol–water partition coefficient (Wildman–Crippen LogP) is 4.24. The van der Waals surface area contributed by atoms with Crippen molar-refractivity contribution < 1.29 is 0 Å². The second-order valence-corrected chi connectivity index (χ2v) is 5.85. The normalized spacial score (nSPS) is 18.6. The van der Waals surface area contributed by atoms with Crippen LogP contribution in [0.15, 0.2) is 41.8 Å². The zero-order valence-corrected chi connectivity index (χ0v) is 11.6. The van der Waals surface area contributed by atoms with E-state index in [-0.39, 0.29) is 6.04 Å². The lowest BCUT2D eigenvalue weighted by molar-refractivity contribution is 0.623. The zero-order valence-electron chi connectivity index (χ0n) is 9.28. The maximum absolute atomic E-state index is 6.01. The van der Waals surface area contributed by atoms with Crippen molar-refractivity contribution in [1.29, 1.82) is 0 Å². The Labute approximate surface area is 119 Å². The second-order valence-electron chi connectivity index (χ2n) is 4.00. The standard InChI is InChI=1S/C13H10Cl2N2S/c14-9-4-8(5-10(15)6-9)11-7-12(17-16-11)13-2-1-3-18-13/h1-7,12,16-17H. The molecule has 2 N–H and O–H groups in total. The smallest absolute Gasteiger partial charge is 0.0806 e. The van der Waals surface area contributed by atoms with Gasteiger partial charge in [0.2, 0.25) is 0 Å². The van der Waals surface area contributed by atoms with Gasteiger partial charge in [-0.15, -0.1) is 11.3 Å². The summed E-state index contributed by atoms with van der Waals surface area (Å²) in [6, 6.07) is 9.86. The fourth-order valence-corrected chi connectivity index (χ4v) is 3.18. The maximum Gasteiger partial charge on any atom is 0.0806 e. The van der Waals surface area contributed by atoms with E-state index in [0.717, 1.165) is 11.3 Å². The first kappa shape index (κ1) is 12.1. The molecular formula is C13H10Cl2N2S. The Morgan fingerprint density at radius 1 is 1.11 bits per heavy atom. The summed E-state index contributed by atoms with van der Waals surface area (Å²) in [5.74, 6) is 0. The van der Waals surface area contributed by atoms with Crippen LogP contribution in [0.5, 0.6) is 0 Å². The van der Waals surface area contributed by atoms with Crippen molar-refractivity contribution in [2.75, 3.05) is 0 Å². The zero-order chi connectivity index (χ0) is 12.5. The van der Waals surface area contributed by atoms with Crippen LogP contribution in [0.2, 0.25) is 10.0 Å². The van der Waals surface area contributed by atoms with Crippen molar-refractivity contribution in [2.45, 2.75) is 6.04 Å². The lowest BCUT2D eigenvalue weighted by atomic mass is 10.1. The highest BCUT2D eigenvalue weighted by Gasteiger charge is 2.18. The van der Waals surface area contributed by atoms with Gasteiger partial charge in [0.1, 0.15) is 0 Å². The van der Waals surface area contributed by atoms with Crippen LogP contribution in [-0.4, -0.2) is 0 Å². The summed E-state index contributed by atoms with van der Waals surface area (Å²) in [6.07, 6.45) is 2.13. The van der Waals surface area contributed by atoms with Crippen LogP contribution >= 0.6 is 34.5 Å². The molecule has 0 saturated carbocycles. The van der Waals surface area contributed by atoms with E-state index in [1.54, 1.807) is 17.4 Å². The van der Waals surface area contributed by atoms with Crippen LogP contribution in [0.1, 0.15) is 16.5 Å². The van der Waals surface area contributed by atoms with Crippen molar-refractivity contribution in [1.82, 2.24) is 10.9 Å². The molecule has 2 heterocycles. The lowest BCUT2D eigenvalue weighted by Gasteiger charge is -2.06. The summed E-state index contributed by atoms with van der Waals surface area (Å²) in [7, 11) is 0. The Bertz CT molecular complexity index is 573. The minimum absolute atomic E-state index is 0.192. The number of benzene rings is 1. The summed E-state index contributed by atoms with van der Waals surface area (Å²) in [4.78, 5) is 1.27. The number of thiophene rings is 1. The second kappa shape index (κ2) is 4.94. The molecule has 92 valence electrons. The summed E-state index contributed by atoms with van der Waals surface area (Å²) in [6.45, 7) is 0. The highest BCUT2D eigenvalue weighted by molar-refractivity contribution is 7.10. The van der Waals surface area contributed by atoms with Gasteiger partial charge in [-0.3, -0.25) is 0 Å². The molecular weight excluding hydrogens is 287 g/mol. The van der Waals surface area contributed by atoms with Gasteiger partial charge in [0, 0.05) is 20.5 Å². The monoisotopic (exact) mass is 296 g/mol. The Morgan fingerprint density at radius 3 is 2.56 bits per heavy atom. The van der Waals surface area contributed by atoms with Crippen molar-refractivity contribution in [3.05, 3.63) is 62.3 Å². The Kier molecular flexibility index (Phi) is 3.31. The van der Waals surface area contributed by atoms with Crippen LogP contribution in [0.3, 0.4) is 0 Å². The first-order valence-electron chi connectivity index (χ1n) is 5.45. The van der Waals surface area contributed by atoms with E-state index in [1.807, 2.05) is 18.2 Å². The summed E-state index contributed by atoms with van der Waals surface area (Å²) in [5, 5.41) is 3.35. The number of hydrazine groups is 1. The highest BCUT2D eigenvalue weighted by Crippen LogP contribution is 2.29. The molecule has 2 aromatic rings. The van der Waals surface area contributed by atoms with Gasteiger partial charge in [0.05, 0.1) is 11.7 Å². The van der Waals surface area contributed by atoms with E-state index in [4.69, 9.17) is 23.2 Å². The number of rotatable bonds is 2. The lowest BCUT2D eigenvalue weighted by Crippen LogP contribution is -2.25. The first-order chi connectivity index (χ1) is 8.72. The van der Waals surface area contributed by atoms with Gasteiger partial charge in [0.15, 0.2) is 0 Å². The molecule has 3 rings (SSSR count). The van der Waals surface area contributed by atoms with E-state index in [0.29, 0.717) is 10.0 Å². The van der Waals surface area contributed by atoms with Crippen molar-refractivity contribution in [3.8, 4) is 0 Å². The number of hydrogen-bond donors (Lipinski definition) is 2. The third-order valence-corrected chi connectivity index (χ3v) is 4.11. The molecule has 0 amide bonds. The molecule has 1 aromatic heterocycles. The van der Waals surface area contributed by atoms with Crippen LogP contribution in [0, 0.1) is 0 Å². The van der Waals surface area contributed by atoms with Crippen molar-refractivity contribution in [2.24, 2.45) is 0 Å². The van der Waals surface area contributed by atoms with Crippen LogP contribution in [0.4, 0.5) is 0 Å². The van der Waals surface area contributed by atoms with E-state index in [2.05, 4.69) is 28.4 Å². The molecule has 18 heavy (non-hydrogen) atoms. The van der Waals surface area contributed by atoms with Gasteiger partial charge in [0.25, 0.3) is 0 Å². The molecule has 1 aromatic carbocycles. The molecule has 0 bridgehead atoms. The minimum atomic E-state index is 0.192. The topological polar surface area (TPSA) is 24.1 Å². The van der Waals surface area contributed by atoms with E-state index < -0.39 is 0 Å². The minimum Gasteiger partial charge on any atom is -0.320 e. The third kappa shape index (κ3) is 2.40. The third-order valence-electron chi connectivity index (χ3n) is 2.72. The van der Waals surface area contributed by atoms with E-state index in [1.165, 1.54) is 4.88 Å².